The van der Waals surface area contributed by atoms with Gasteiger partial charge in [0, 0.05) is 6.54 Å². The molecule has 0 aliphatic rings. The molecule has 2 aromatic rings. The molecule has 0 aliphatic carbocycles. The van der Waals surface area contributed by atoms with Crippen LogP contribution in [0.3, 0.4) is 0 Å². The van der Waals surface area contributed by atoms with Crippen LogP contribution in [0.5, 0.6) is 5.75 Å². The lowest BCUT2D eigenvalue weighted by atomic mass is 9.87. The van der Waals surface area contributed by atoms with Gasteiger partial charge < -0.3 is 4.74 Å². The summed E-state index contributed by atoms with van der Waals surface area (Å²) >= 11 is 3.33. The van der Waals surface area contributed by atoms with Gasteiger partial charge in [-0.1, -0.05) is 32.9 Å². The predicted octanol–water partition coefficient (Wildman–Crippen LogP) is 3.77. The first kappa shape index (κ1) is 16.7. The molecule has 0 aliphatic heterocycles. The van der Waals surface area contributed by atoms with E-state index in [-0.39, 0.29) is 11.0 Å². The van der Waals surface area contributed by atoms with E-state index in [9.17, 15) is 4.79 Å². The quantitative estimate of drug-likeness (QED) is 0.758. The Hall–Kier alpha value is -1.62. The van der Waals surface area contributed by atoms with Crippen LogP contribution in [0.2, 0.25) is 0 Å². The van der Waals surface area contributed by atoms with Crippen molar-refractivity contribution in [2.45, 2.75) is 39.2 Å². The number of rotatable bonds is 5. The largest absolute Gasteiger partial charge is 0.494 e. The second-order valence-corrected chi connectivity index (χ2v) is 7.01. The Morgan fingerprint density at radius 3 is 2.45 bits per heavy atom. The molecule has 4 nitrogen and oxygen atoms in total. The van der Waals surface area contributed by atoms with E-state index in [1.807, 2.05) is 12.1 Å². The van der Waals surface area contributed by atoms with Crippen LogP contribution >= 0.6 is 15.9 Å². The smallest absolute Gasteiger partial charge is 0.269 e. The van der Waals surface area contributed by atoms with Crippen molar-refractivity contribution in [3.05, 3.63) is 57.2 Å². The van der Waals surface area contributed by atoms with Crippen LogP contribution in [-0.2, 0) is 12.0 Å². The summed E-state index contributed by atoms with van der Waals surface area (Å²) in [5, 5.41) is 0. The summed E-state index contributed by atoms with van der Waals surface area (Å²) in [6, 6.07) is 8.18. The third-order valence-electron chi connectivity index (χ3n) is 3.41. The molecule has 0 bridgehead atoms. The van der Waals surface area contributed by atoms with Gasteiger partial charge in [-0.2, -0.15) is 0 Å². The highest BCUT2D eigenvalue weighted by molar-refractivity contribution is 9.10. The zero-order valence-corrected chi connectivity index (χ0v) is 14.8. The Balaban J connectivity index is 1.86. The van der Waals surface area contributed by atoms with Crippen LogP contribution in [0.15, 0.2) is 46.1 Å². The third-order valence-corrected chi connectivity index (χ3v) is 4.04. The van der Waals surface area contributed by atoms with E-state index in [0.29, 0.717) is 17.8 Å². The third kappa shape index (κ3) is 4.44. The zero-order chi connectivity index (χ0) is 16.2. The molecule has 1 heterocycles. The van der Waals surface area contributed by atoms with Crippen LogP contribution in [0.25, 0.3) is 0 Å². The summed E-state index contributed by atoms with van der Waals surface area (Å²) in [6.07, 6.45) is 3.69. The van der Waals surface area contributed by atoms with Gasteiger partial charge >= 0.3 is 0 Å². The standard InChI is InChI=1S/C17H21BrN2O2/c1-17(2,3)13-5-7-14(8-6-13)22-10-4-9-20-15(18)11-19-12-16(20)21/h5-8,11-12H,4,9-10H2,1-3H3. The number of hydrogen-bond acceptors (Lipinski definition) is 3. The summed E-state index contributed by atoms with van der Waals surface area (Å²) in [5.74, 6) is 0.856. The average molecular weight is 365 g/mol. The summed E-state index contributed by atoms with van der Waals surface area (Å²) < 4.78 is 8.06. The van der Waals surface area contributed by atoms with Gasteiger partial charge in [0.1, 0.15) is 10.4 Å². The molecule has 2 rings (SSSR count). The molecule has 0 amide bonds. The second-order valence-electron chi connectivity index (χ2n) is 6.20. The van der Waals surface area contributed by atoms with Crippen molar-refractivity contribution in [3.63, 3.8) is 0 Å². The van der Waals surface area contributed by atoms with Crippen LogP contribution < -0.4 is 10.3 Å². The fourth-order valence-corrected chi connectivity index (χ4v) is 2.56. The van der Waals surface area contributed by atoms with Crippen molar-refractivity contribution in [1.29, 1.82) is 0 Å². The summed E-state index contributed by atoms with van der Waals surface area (Å²) in [5.41, 5.74) is 1.32. The van der Waals surface area contributed by atoms with Crippen molar-refractivity contribution < 1.29 is 4.74 Å². The average Bonchev–Trinajstić information content (AvgIpc) is 2.45. The van der Waals surface area contributed by atoms with Crippen LogP contribution in [0.4, 0.5) is 0 Å². The zero-order valence-electron chi connectivity index (χ0n) is 13.2. The predicted molar refractivity (Wildman–Crippen MR) is 91.5 cm³/mol. The highest BCUT2D eigenvalue weighted by atomic mass is 79.9. The van der Waals surface area contributed by atoms with E-state index in [1.165, 1.54) is 11.8 Å². The first-order valence-corrected chi connectivity index (χ1v) is 8.11. The Morgan fingerprint density at radius 2 is 1.86 bits per heavy atom. The SMILES string of the molecule is CC(C)(C)c1ccc(OCCCn2c(Br)cncc2=O)cc1. The molecule has 0 saturated carbocycles. The highest BCUT2D eigenvalue weighted by Gasteiger charge is 2.12. The monoisotopic (exact) mass is 364 g/mol. The van der Waals surface area contributed by atoms with Gasteiger partial charge in [0.2, 0.25) is 0 Å². The number of ether oxygens (including phenoxy) is 1. The molecule has 0 atom stereocenters. The molecule has 5 heteroatoms. The summed E-state index contributed by atoms with van der Waals surface area (Å²) in [7, 11) is 0. The van der Waals surface area contributed by atoms with Crippen LogP contribution in [0, 0.1) is 0 Å². The van der Waals surface area contributed by atoms with Crippen molar-refractivity contribution in [1.82, 2.24) is 9.55 Å². The van der Waals surface area contributed by atoms with Gasteiger partial charge in [-0.15, -0.1) is 0 Å². The van der Waals surface area contributed by atoms with Crippen molar-refractivity contribution >= 4 is 15.9 Å². The maximum Gasteiger partial charge on any atom is 0.269 e. The fourth-order valence-electron chi connectivity index (χ4n) is 2.09. The summed E-state index contributed by atoms with van der Waals surface area (Å²) in [6.45, 7) is 7.73. The molecule has 0 N–H and O–H groups in total. The Labute approximate surface area is 139 Å². The van der Waals surface area contributed by atoms with Gasteiger partial charge in [-0.05, 0) is 45.5 Å². The molecule has 0 radical (unpaired) electrons. The first-order chi connectivity index (χ1) is 10.4. The normalized spacial score (nSPS) is 11.5. The van der Waals surface area contributed by atoms with Gasteiger partial charge in [0.15, 0.2) is 0 Å². The maximum atomic E-state index is 11.7. The van der Waals surface area contributed by atoms with Crippen LogP contribution in [0.1, 0.15) is 32.8 Å². The minimum Gasteiger partial charge on any atom is -0.494 e. The van der Waals surface area contributed by atoms with E-state index < -0.39 is 0 Å². The maximum absolute atomic E-state index is 11.7. The number of nitrogens with zero attached hydrogens (tertiary/aromatic N) is 2. The Bertz CT molecular complexity index is 672. The fraction of sp³-hybridized carbons (Fsp3) is 0.412. The molecular formula is C17H21BrN2O2. The van der Waals surface area contributed by atoms with E-state index >= 15 is 0 Å². The molecule has 0 fully saturated rings. The van der Waals surface area contributed by atoms with E-state index in [2.05, 4.69) is 53.8 Å². The molecule has 118 valence electrons. The molecule has 22 heavy (non-hydrogen) atoms. The van der Waals surface area contributed by atoms with Gasteiger partial charge in [0.05, 0.1) is 19.0 Å². The van der Waals surface area contributed by atoms with Crippen molar-refractivity contribution in [2.75, 3.05) is 6.61 Å². The van der Waals surface area contributed by atoms with E-state index in [1.54, 1.807) is 10.8 Å². The first-order valence-electron chi connectivity index (χ1n) is 7.31. The van der Waals surface area contributed by atoms with Gasteiger partial charge in [-0.3, -0.25) is 14.3 Å². The van der Waals surface area contributed by atoms with E-state index in [4.69, 9.17) is 4.74 Å². The Kier molecular flexibility index (Phi) is 5.40. The molecule has 1 aromatic heterocycles. The van der Waals surface area contributed by atoms with Gasteiger partial charge in [-0.25, -0.2) is 0 Å². The lowest BCUT2D eigenvalue weighted by Gasteiger charge is -2.19. The van der Waals surface area contributed by atoms with Crippen molar-refractivity contribution in [3.8, 4) is 5.75 Å². The molecule has 1 aromatic carbocycles. The number of halogens is 1. The van der Waals surface area contributed by atoms with Crippen LogP contribution in [-0.4, -0.2) is 16.2 Å². The molecule has 0 spiro atoms. The minimum atomic E-state index is -0.107. The Morgan fingerprint density at radius 1 is 1.18 bits per heavy atom. The molecular weight excluding hydrogens is 344 g/mol. The molecule has 0 saturated heterocycles. The lowest BCUT2D eigenvalue weighted by molar-refractivity contribution is 0.300. The summed E-state index contributed by atoms with van der Waals surface area (Å²) in [4.78, 5) is 15.5. The number of hydrogen-bond donors (Lipinski definition) is 0. The highest BCUT2D eigenvalue weighted by Crippen LogP contribution is 2.24. The minimum absolute atomic E-state index is 0.107. The van der Waals surface area contributed by atoms with Gasteiger partial charge in [0.25, 0.3) is 5.56 Å². The lowest BCUT2D eigenvalue weighted by Crippen LogP contribution is -2.21. The molecule has 0 unspecified atom stereocenters. The number of benzene rings is 1. The number of aromatic nitrogens is 2. The van der Waals surface area contributed by atoms with Crippen molar-refractivity contribution in [2.24, 2.45) is 0 Å². The topological polar surface area (TPSA) is 44.1 Å². The van der Waals surface area contributed by atoms with E-state index in [0.717, 1.165) is 12.2 Å². The second kappa shape index (κ2) is 7.09.